The van der Waals surface area contributed by atoms with Gasteiger partial charge in [0, 0.05) is 26.2 Å². The number of carbonyl (C=O) groups excluding carboxylic acids is 1. The van der Waals surface area contributed by atoms with Crippen LogP contribution < -0.4 is 0 Å². The number of aromatic nitrogens is 3. The molecule has 20 heavy (non-hydrogen) atoms. The van der Waals surface area contributed by atoms with Crippen LogP contribution in [0.1, 0.15) is 37.0 Å². The number of likely N-dealkylation sites (tertiary alicyclic amines) is 1. The lowest BCUT2D eigenvalue weighted by Crippen LogP contribution is -2.38. The molecule has 0 bridgehead atoms. The highest BCUT2D eigenvalue weighted by Gasteiger charge is 2.28. The number of hydrogen-bond donors (Lipinski definition) is 0. The third-order valence-corrected chi connectivity index (χ3v) is 3.99. The summed E-state index contributed by atoms with van der Waals surface area (Å²) >= 11 is 6.27. The van der Waals surface area contributed by atoms with Gasteiger partial charge in [-0.25, -0.2) is 9.97 Å². The average molecular weight is 293 g/mol. The lowest BCUT2D eigenvalue weighted by atomic mass is 10.1. The van der Waals surface area contributed by atoms with Gasteiger partial charge in [-0.2, -0.15) is 0 Å². The maximum atomic E-state index is 11.7. The van der Waals surface area contributed by atoms with Gasteiger partial charge >= 0.3 is 0 Å². The molecule has 2 aromatic rings. The maximum absolute atomic E-state index is 11.7. The van der Waals surface area contributed by atoms with Crippen molar-refractivity contribution < 1.29 is 4.79 Å². The molecular formula is C14H17ClN4O. The normalized spacial score (nSPS) is 21.4. The van der Waals surface area contributed by atoms with E-state index in [1.807, 2.05) is 26.1 Å². The second-order valence-electron chi connectivity index (χ2n) is 5.27. The zero-order valence-electron chi connectivity index (χ0n) is 11.6. The van der Waals surface area contributed by atoms with Crippen molar-refractivity contribution in [3.8, 4) is 0 Å². The van der Waals surface area contributed by atoms with Crippen molar-refractivity contribution in [2.24, 2.45) is 0 Å². The molecule has 6 heteroatoms. The van der Waals surface area contributed by atoms with Crippen LogP contribution in [0, 0.1) is 0 Å². The highest BCUT2D eigenvalue weighted by atomic mass is 35.5. The molecule has 1 fully saturated rings. The zero-order chi connectivity index (χ0) is 14.3. The van der Waals surface area contributed by atoms with Crippen LogP contribution in [0.25, 0.3) is 11.2 Å². The van der Waals surface area contributed by atoms with Crippen molar-refractivity contribution in [3.05, 3.63) is 24.2 Å². The predicted octanol–water partition coefficient (Wildman–Crippen LogP) is 2.52. The topological polar surface area (TPSA) is 51.0 Å². The van der Waals surface area contributed by atoms with E-state index in [-0.39, 0.29) is 17.3 Å². The van der Waals surface area contributed by atoms with Gasteiger partial charge in [0.05, 0.1) is 11.4 Å². The predicted molar refractivity (Wildman–Crippen MR) is 77.7 cm³/mol. The van der Waals surface area contributed by atoms with E-state index in [9.17, 15) is 4.79 Å². The number of imidazole rings is 1. The summed E-state index contributed by atoms with van der Waals surface area (Å²) in [6.45, 7) is 2.59. The van der Waals surface area contributed by atoms with Gasteiger partial charge in [0.1, 0.15) is 11.3 Å². The molecule has 106 valence electrons. The minimum absolute atomic E-state index is 0.188. The van der Waals surface area contributed by atoms with E-state index in [0.29, 0.717) is 13.0 Å². The van der Waals surface area contributed by atoms with Gasteiger partial charge in [-0.05, 0) is 25.5 Å². The molecule has 2 aromatic heterocycles. The fourth-order valence-electron chi connectivity index (χ4n) is 2.79. The summed E-state index contributed by atoms with van der Waals surface area (Å²) < 4.78 is 2.11. The van der Waals surface area contributed by atoms with E-state index >= 15 is 0 Å². The van der Waals surface area contributed by atoms with E-state index in [1.54, 1.807) is 11.1 Å². The summed E-state index contributed by atoms with van der Waals surface area (Å²) in [6.07, 6.45) is 3.13. The molecule has 0 aromatic carbocycles. The lowest BCUT2D eigenvalue weighted by molar-refractivity contribution is -0.132. The van der Waals surface area contributed by atoms with Crippen molar-refractivity contribution in [1.29, 1.82) is 0 Å². The van der Waals surface area contributed by atoms with Gasteiger partial charge in [-0.3, -0.25) is 4.79 Å². The Morgan fingerprint density at radius 2 is 2.30 bits per heavy atom. The quantitative estimate of drug-likeness (QED) is 0.799. The molecule has 5 nitrogen and oxygen atoms in total. The number of hydrogen-bond acceptors (Lipinski definition) is 3. The minimum atomic E-state index is -0.188. The molecule has 2 unspecified atom stereocenters. The van der Waals surface area contributed by atoms with Crippen molar-refractivity contribution in [2.45, 2.75) is 31.2 Å². The standard InChI is InChI=1S/C14H17ClN4O/c1-9(15)13-17-11-4-3-7-16-14(11)19(13)10-5-6-12(20)18(2)8-10/h3-4,7,9-10H,5-6,8H2,1-2H3. The molecule has 0 N–H and O–H groups in total. The SMILES string of the molecule is CC(Cl)c1nc2cccnc2n1C1CCC(=O)N(C)C1. The van der Waals surface area contributed by atoms with Crippen LogP contribution in [0.3, 0.4) is 0 Å². The summed E-state index contributed by atoms with van der Waals surface area (Å²) in [5, 5.41) is -0.188. The first-order valence-corrected chi connectivity index (χ1v) is 7.22. The van der Waals surface area contributed by atoms with Gasteiger partial charge in [-0.15, -0.1) is 11.6 Å². The average Bonchev–Trinajstić information content (AvgIpc) is 2.81. The van der Waals surface area contributed by atoms with E-state index in [2.05, 4.69) is 14.5 Å². The van der Waals surface area contributed by atoms with Gasteiger partial charge in [0.15, 0.2) is 5.65 Å². The number of halogens is 1. The summed E-state index contributed by atoms with van der Waals surface area (Å²) in [5.41, 5.74) is 1.71. The van der Waals surface area contributed by atoms with Crippen molar-refractivity contribution in [1.82, 2.24) is 19.4 Å². The minimum Gasteiger partial charge on any atom is -0.344 e. The molecule has 0 spiro atoms. The van der Waals surface area contributed by atoms with Crippen LogP contribution in [0.5, 0.6) is 0 Å². The first kappa shape index (κ1) is 13.4. The number of amides is 1. The second-order valence-corrected chi connectivity index (χ2v) is 5.92. The number of pyridine rings is 1. The number of nitrogens with zero attached hydrogens (tertiary/aromatic N) is 4. The fraction of sp³-hybridized carbons (Fsp3) is 0.500. The first-order chi connectivity index (χ1) is 9.58. The smallest absolute Gasteiger partial charge is 0.222 e. The number of fused-ring (bicyclic) bond motifs is 1. The Labute approximate surface area is 122 Å². The van der Waals surface area contributed by atoms with E-state index in [0.717, 1.165) is 23.4 Å². The Morgan fingerprint density at radius 3 is 3.00 bits per heavy atom. The lowest BCUT2D eigenvalue weighted by Gasteiger charge is -2.31. The highest BCUT2D eigenvalue weighted by molar-refractivity contribution is 6.20. The number of rotatable bonds is 2. The van der Waals surface area contributed by atoms with Crippen LogP contribution in [0.2, 0.25) is 0 Å². The largest absolute Gasteiger partial charge is 0.344 e. The fourth-order valence-corrected chi connectivity index (χ4v) is 2.94. The molecule has 0 saturated carbocycles. The molecule has 1 amide bonds. The van der Waals surface area contributed by atoms with Gasteiger partial charge in [0.25, 0.3) is 0 Å². The Bertz CT molecular complexity index is 652. The number of alkyl halides is 1. The van der Waals surface area contributed by atoms with Crippen LogP contribution in [0.4, 0.5) is 0 Å². The van der Waals surface area contributed by atoms with Gasteiger partial charge < -0.3 is 9.47 Å². The van der Waals surface area contributed by atoms with E-state index in [4.69, 9.17) is 11.6 Å². The first-order valence-electron chi connectivity index (χ1n) is 6.79. The molecular weight excluding hydrogens is 276 g/mol. The molecule has 0 aliphatic carbocycles. The Kier molecular flexibility index (Phi) is 3.38. The van der Waals surface area contributed by atoms with Crippen molar-refractivity contribution >= 4 is 28.7 Å². The van der Waals surface area contributed by atoms with Crippen molar-refractivity contribution in [2.75, 3.05) is 13.6 Å². The van der Waals surface area contributed by atoms with E-state index in [1.165, 1.54) is 0 Å². The third-order valence-electron chi connectivity index (χ3n) is 3.80. The van der Waals surface area contributed by atoms with Crippen molar-refractivity contribution in [3.63, 3.8) is 0 Å². The molecule has 3 heterocycles. The summed E-state index contributed by atoms with van der Waals surface area (Å²) in [7, 11) is 1.84. The molecule has 1 aliphatic rings. The Morgan fingerprint density at radius 1 is 1.50 bits per heavy atom. The monoisotopic (exact) mass is 292 g/mol. The van der Waals surface area contributed by atoms with Crippen LogP contribution >= 0.6 is 11.6 Å². The molecule has 0 radical (unpaired) electrons. The second kappa shape index (κ2) is 5.05. The summed E-state index contributed by atoms with van der Waals surface area (Å²) in [6, 6.07) is 4.01. The van der Waals surface area contributed by atoms with E-state index < -0.39 is 0 Å². The third kappa shape index (κ3) is 2.16. The van der Waals surface area contributed by atoms with Crippen LogP contribution in [-0.2, 0) is 4.79 Å². The zero-order valence-corrected chi connectivity index (χ0v) is 12.3. The number of likely N-dealkylation sites (N-methyl/N-ethyl adjacent to an activating group) is 1. The Hall–Kier alpha value is -1.62. The van der Waals surface area contributed by atoms with Crippen LogP contribution in [-0.4, -0.2) is 38.9 Å². The number of carbonyl (C=O) groups is 1. The van der Waals surface area contributed by atoms with Gasteiger partial charge in [0.2, 0.25) is 5.91 Å². The maximum Gasteiger partial charge on any atom is 0.222 e. The van der Waals surface area contributed by atoms with Crippen LogP contribution in [0.15, 0.2) is 18.3 Å². The molecule has 1 saturated heterocycles. The molecule has 3 rings (SSSR count). The number of piperidine rings is 1. The summed E-state index contributed by atoms with van der Waals surface area (Å²) in [4.78, 5) is 22.5. The molecule has 1 aliphatic heterocycles. The Balaban J connectivity index is 2.09. The molecule has 2 atom stereocenters. The van der Waals surface area contributed by atoms with Gasteiger partial charge in [-0.1, -0.05) is 0 Å². The summed E-state index contributed by atoms with van der Waals surface area (Å²) in [5.74, 6) is 1.02. The highest BCUT2D eigenvalue weighted by Crippen LogP contribution is 2.31.